The predicted octanol–water partition coefficient (Wildman–Crippen LogP) is 3.06. The van der Waals surface area contributed by atoms with E-state index in [9.17, 15) is 13.4 Å². The summed E-state index contributed by atoms with van der Waals surface area (Å²) in [6.07, 6.45) is 2.90. The highest BCUT2D eigenvalue weighted by atomic mass is 32.2. The maximum Gasteiger partial charge on any atom is 0.257 e. The van der Waals surface area contributed by atoms with Gasteiger partial charge in [0.2, 0.25) is 0 Å². The summed E-state index contributed by atoms with van der Waals surface area (Å²) in [6, 6.07) is 7.55. The quantitative estimate of drug-likeness (QED) is 0.871. The topological polar surface area (TPSA) is 62.3 Å². The van der Waals surface area contributed by atoms with E-state index in [2.05, 4.69) is 15.2 Å². The van der Waals surface area contributed by atoms with Gasteiger partial charge in [-0.05, 0) is 44.2 Å². The van der Waals surface area contributed by atoms with Gasteiger partial charge in [-0.3, -0.25) is 9.00 Å². The molecule has 0 radical (unpaired) electrons. The Morgan fingerprint density at radius 2 is 1.96 bits per heavy atom. The van der Waals surface area contributed by atoms with Gasteiger partial charge in [-0.1, -0.05) is 0 Å². The molecule has 2 aromatic rings. The van der Waals surface area contributed by atoms with Crippen molar-refractivity contribution in [2.45, 2.75) is 18.7 Å². The first-order valence-corrected chi connectivity index (χ1v) is 9.17. The number of nitrogens with one attached hydrogen (secondary N) is 1. The van der Waals surface area contributed by atoms with Gasteiger partial charge in [-0.25, -0.2) is 9.37 Å². The lowest BCUT2D eigenvalue weighted by Gasteiger charge is -2.19. The number of benzene rings is 1. The van der Waals surface area contributed by atoms with Crippen molar-refractivity contribution >= 4 is 28.2 Å². The number of carbonyl (C=O) groups is 1. The first-order valence-electron chi connectivity index (χ1n) is 7.61. The van der Waals surface area contributed by atoms with Gasteiger partial charge in [0, 0.05) is 31.2 Å². The molecule has 1 N–H and O–H groups in total. The monoisotopic (exact) mass is 349 g/mol. The summed E-state index contributed by atoms with van der Waals surface area (Å²) in [6.45, 7) is 5.74. The fourth-order valence-electron chi connectivity index (χ4n) is 2.27. The van der Waals surface area contributed by atoms with Gasteiger partial charge in [0.15, 0.2) is 0 Å². The molecular formula is C17H20FN3O2S. The van der Waals surface area contributed by atoms with E-state index in [0.29, 0.717) is 11.3 Å². The van der Waals surface area contributed by atoms with Crippen molar-refractivity contribution in [2.24, 2.45) is 0 Å². The Kier molecular flexibility index (Phi) is 6.03. The SMILES string of the molecule is CCN(CC)c1ccc(C(=O)Nc2ccc([S@@](C)=O)c(F)c2)cn1. The van der Waals surface area contributed by atoms with E-state index < -0.39 is 16.6 Å². The Bertz CT molecular complexity index is 746. The second-order valence-electron chi connectivity index (χ2n) is 5.13. The molecule has 0 aliphatic rings. The third-order valence-corrected chi connectivity index (χ3v) is 4.55. The molecule has 0 fully saturated rings. The second kappa shape index (κ2) is 8.01. The fourth-order valence-corrected chi connectivity index (χ4v) is 2.86. The van der Waals surface area contributed by atoms with E-state index >= 15 is 0 Å². The van der Waals surface area contributed by atoms with Crippen molar-refractivity contribution in [1.29, 1.82) is 0 Å². The summed E-state index contributed by atoms with van der Waals surface area (Å²) < 4.78 is 25.1. The molecule has 0 bridgehead atoms. The number of pyridine rings is 1. The van der Waals surface area contributed by atoms with Crippen LogP contribution in [0.3, 0.4) is 0 Å². The summed E-state index contributed by atoms with van der Waals surface area (Å²) in [5.41, 5.74) is 0.689. The average molecular weight is 349 g/mol. The summed E-state index contributed by atoms with van der Waals surface area (Å²) in [7, 11) is -1.41. The number of hydrogen-bond donors (Lipinski definition) is 1. The Morgan fingerprint density at radius 3 is 2.46 bits per heavy atom. The molecule has 0 unspecified atom stereocenters. The summed E-state index contributed by atoms with van der Waals surface area (Å²) in [5.74, 6) is -0.181. The van der Waals surface area contributed by atoms with Crippen LogP contribution >= 0.6 is 0 Å². The van der Waals surface area contributed by atoms with Crippen LogP contribution in [0.4, 0.5) is 15.9 Å². The molecule has 0 spiro atoms. The molecule has 5 nitrogen and oxygen atoms in total. The van der Waals surface area contributed by atoms with Crippen molar-refractivity contribution in [3.63, 3.8) is 0 Å². The highest BCUT2D eigenvalue weighted by molar-refractivity contribution is 7.84. The maximum atomic E-state index is 13.8. The number of anilines is 2. The van der Waals surface area contributed by atoms with Gasteiger partial charge < -0.3 is 10.2 Å². The Hall–Kier alpha value is -2.28. The normalized spacial score (nSPS) is 11.8. The van der Waals surface area contributed by atoms with E-state index in [1.807, 2.05) is 13.8 Å². The third kappa shape index (κ3) is 4.17. The zero-order valence-corrected chi connectivity index (χ0v) is 14.7. The van der Waals surface area contributed by atoms with Crippen molar-refractivity contribution in [1.82, 2.24) is 4.98 Å². The Morgan fingerprint density at radius 1 is 1.25 bits per heavy atom. The number of aromatic nitrogens is 1. The molecule has 0 saturated heterocycles. The second-order valence-corrected chi connectivity index (χ2v) is 6.48. The lowest BCUT2D eigenvalue weighted by atomic mass is 10.2. The highest BCUT2D eigenvalue weighted by Gasteiger charge is 2.11. The van der Waals surface area contributed by atoms with Crippen molar-refractivity contribution in [3.05, 3.63) is 47.9 Å². The van der Waals surface area contributed by atoms with Gasteiger partial charge in [0.25, 0.3) is 5.91 Å². The standard InChI is InChI=1S/C17H20FN3O2S/c1-4-21(5-2)16-9-6-12(11-19-16)17(22)20-13-7-8-15(24(3)23)14(18)10-13/h6-11H,4-5H2,1-3H3,(H,20,22)/t24-/m1/s1. The number of hydrogen-bond acceptors (Lipinski definition) is 4. The number of nitrogens with zero attached hydrogens (tertiary/aromatic N) is 2. The van der Waals surface area contributed by atoms with Crippen LogP contribution in [-0.4, -0.2) is 34.4 Å². The molecule has 1 heterocycles. The van der Waals surface area contributed by atoms with E-state index in [1.54, 1.807) is 12.1 Å². The number of halogens is 1. The van der Waals surface area contributed by atoms with E-state index in [1.165, 1.54) is 24.6 Å². The van der Waals surface area contributed by atoms with E-state index in [-0.39, 0.29) is 10.8 Å². The largest absolute Gasteiger partial charge is 0.357 e. The summed E-state index contributed by atoms with van der Waals surface area (Å²) >= 11 is 0. The average Bonchev–Trinajstić information content (AvgIpc) is 2.56. The molecule has 2 rings (SSSR count). The lowest BCUT2D eigenvalue weighted by molar-refractivity contribution is 0.102. The third-order valence-electron chi connectivity index (χ3n) is 3.60. The van der Waals surface area contributed by atoms with Crippen molar-refractivity contribution in [3.8, 4) is 0 Å². The van der Waals surface area contributed by atoms with Gasteiger partial charge in [0.05, 0.1) is 21.3 Å². The molecule has 128 valence electrons. The van der Waals surface area contributed by atoms with Crippen LogP contribution in [0.25, 0.3) is 0 Å². The maximum absolute atomic E-state index is 13.8. The van der Waals surface area contributed by atoms with Crippen molar-refractivity contribution < 1.29 is 13.4 Å². The minimum atomic E-state index is -1.41. The van der Waals surface area contributed by atoms with Gasteiger partial charge in [-0.2, -0.15) is 0 Å². The van der Waals surface area contributed by atoms with Crippen LogP contribution in [0.5, 0.6) is 0 Å². The van der Waals surface area contributed by atoms with E-state index in [0.717, 1.165) is 25.0 Å². The van der Waals surface area contributed by atoms with Crippen LogP contribution in [-0.2, 0) is 10.8 Å². The Balaban J connectivity index is 2.12. The van der Waals surface area contributed by atoms with Gasteiger partial charge >= 0.3 is 0 Å². The van der Waals surface area contributed by atoms with Crippen LogP contribution < -0.4 is 10.2 Å². The summed E-state index contributed by atoms with van der Waals surface area (Å²) in [4.78, 5) is 18.7. The number of rotatable bonds is 6. The first-order chi connectivity index (χ1) is 11.5. The zero-order chi connectivity index (χ0) is 17.7. The van der Waals surface area contributed by atoms with Crippen molar-refractivity contribution in [2.75, 3.05) is 29.6 Å². The molecule has 1 aromatic carbocycles. The van der Waals surface area contributed by atoms with Crippen LogP contribution in [0.15, 0.2) is 41.4 Å². The molecule has 0 aliphatic carbocycles. The smallest absolute Gasteiger partial charge is 0.257 e. The molecule has 7 heteroatoms. The molecule has 1 amide bonds. The minimum Gasteiger partial charge on any atom is -0.357 e. The van der Waals surface area contributed by atoms with Crippen LogP contribution in [0.2, 0.25) is 0 Å². The zero-order valence-electron chi connectivity index (χ0n) is 13.9. The molecule has 0 aliphatic heterocycles. The summed E-state index contributed by atoms with van der Waals surface area (Å²) in [5, 5.41) is 2.61. The molecule has 1 atom stereocenters. The van der Waals surface area contributed by atoms with Gasteiger partial charge in [0.1, 0.15) is 11.6 Å². The minimum absolute atomic E-state index is 0.109. The lowest BCUT2D eigenvalue weighted by Crippen LogP contribution is -2.23. The van der Waals surface area contributed by atoms with Crippen LogP contribution in [0, 0.1) is 5.82 Å². The first kappa shape index (κ1) is 18.1. The predicted molar refractivity (Wildman–Crippen MR) is 94.5 cm³/mol. The van der Waals surface area contributed by atoms with E-state index in [4.69, 9.17) is 0 Å². The molecule has 0 saturated carbocycles. The number of carbonyl (C=O) groups excluding carboxylic acids is 1. The Labute approximate surface area is 143 Å². The van der Waals surface area contributed by atoms with Gasteiger partial charge in [-0.15, -0.1) is 0 Å². The molecular weight excluding hydrogens is 329 g/mol. The molecule has 1 aromatic heterocycles. The molecule has 24 heavy (non-hydrogen) atoms. The van der Waals surface area contributed by atoms with Crippen LogP contribution in [0.1, 0.15) is 24.2 Å². The fraction of sp³-hybridized carbons (Fsp3) is 0.294. The highest BCUT2D eigenvalue weighted by Crippen LogP contribution is 2.18. The number of amides is 1.